The third-order valence-electron chi connectivity index (χ3n) is 1.61. The molecule has 2 N–H and O–H groups in total. The highest BCUT2D eigenvalue weighted by Crippen LogP contribution is 2.01. The second-order valence-electron chi connectivity index (χ2n) is 2.69. The molecular formula is C6H12N2O2. The number of likely N-dealkylation sites (N-methyl/N-ethyl adjacent to an activating group) is 1. The van der Waals surface area contributed by atoms with Gasteiger partial charge in [-0.05, 0) is 7.05 Å². The average molecular weight is 144 g/mol. The van der Waals surface area contributed by atoms with E-state index in [1.165, 1.54) is 0 Å². The quantitative estimate of drug-likeness (QED) is 0.532. The minimum Gasteiger partial charge on any atom is -0.480 e. The van der Waals surface area contributed by atoms with Gasteiger partial charge < -0.3 is 15.3 Å². The predicted octanol–water partition coefficient (Wildman–Crippen LogP) is -1.03. The zero-order valence-corrected chi connectivity index (χ0v) is 6.00. The van der Waals surface area contributed by atoms with Crippen LogP contribution < -0.4 is 5.32 Å². The van der Waals surface area contributed by atoms with Crippen LogP contribution in [0.2, 0.25) is 0 Å². The first kappa shape index (κ1) is 7.50. The van der Waals surface area contributed by atoms with Gasteiger partial charge >= 0.3 is 5.97 Å². The van der Waals surface area contributed by atoms with Gasteiger partial charge in [0.05, 0.1) is 6.54 Å². The Bertz CT molecular complexity index is 132. The van der Waals surface area contributed by atoms with Crippen molar-refractivity contribution >= 4 is 5.97 Å². The summed E-state index contributed by atoms with van der Waals surface area (Å²) >= 11 is 0. The number of carbonyl (C=O) groups is 1. The summed E-state index contributed by atoms with van der Waals surface area (Å²) in [5.41, 5.74) is 0. The van der Waals surface area contributed by atoms with Gasteiger partial charge in [-0.25, -0.2) is 0 Å². The highest BCUT2D eigenvalue weighted by molar-refractivity contribution is 5.69. The van der Waals surface area contributed by atoms with E-state index in [4.69, 9.17) is 5.11 Å². The van der Waals surface area contributed by atoms with Gasteiger partial charge in [-0.15, -0.1) is 0 Å². The average Bonchev–Trinajstić information content (AvgIpc) is 1.77. The number of nitrogens with zero attached hydrogens (tertiary/aromatic N) is 1. The molecule has 0 saturated carbocycles. The van der Waals surface area contributed by atoms with Gasteiger partial charge in [0.1, 0.15) is 0 Å². The number of carboxylic acids is 1. The SMILES string of the molecule is CN1CC(NCC(=O)O)C1. The van der Waals surface area contributed by atoms with Crippen LogP contribution in [0.5, 0.6) is 0 Å². The van der Waals surface area contributed by atoms with E-state index in [0.29, 0.717) is 6.04 Å². The number of carboxylic acid groups (broad SMARTS) is 1. The van der Waals surface area contributed by atoms with Crippen molar-refractivity contribution in [2.75, 3.05) is 26.7 Å². The monoisotopic (exact) mass is 144 g/mol. The molecule has 1 saturated heterocycles. The molecule has 0 unspecified atom stereocenters. The van der Waals surface area contributed by atoms with Crippen LogP contribution in [0.25, 0.3) is 0 Å². The van der Waals surface area contributed by atoms with E-state index in [1.807, 2.05) is 7.05 Å². The maximum absolute atomic E-state index is 10.0. The highest BCUT2D eigenvalue weighted by Gasteiger charge is 2.22. The highest BCUT2D eigenvalue weighted by atomic mass is 16.4. The van der Waals surface area contributed by atoms with E-state index in [-0.39, 0.29) is 6.54 Å². The van der Waals surface area contributed by atoms with Crippen LogP contribution in [0.1, 0.15) is 0 Å². The van der Waals surface area contributed by atoms with Crippen molar-refractivity contribution in [2.24, 2.45) is 0 Å². The van der Waals surface area contributed by atoms with Crippen LogP contribution in [0.4, 0.5) is 0 Å². The van der Waals surface area contributed by atoms with Gasteiger partial charge in [0.2, 0.25) is 0 Å². The fraction of sp³-hybridized carbons (Fsp3) is 0.833. The first-order valence-corrected chi connectivity index (χ1v) is 3.32. The topological polar surface area (TPSA) is 52.6 Å². The summed E-state index contributed by atoms with van der Waals surface area (Å²) in [6.45, 7) is 2.01. The van der Waals surface area contributed by atoms with Crippen molar-refractivity contribution in [3.8, 4) is 0 Å². The Hall–Kier alpha value is -0.610. The summed E-state index contributed by atoms with van der Waals surface area (Å²) in [6.07, 6.45) is 0. The molecule has 0 aliphatic carbocycles. The number of aliphatic carboxylic acids is 1. The van der Waals surface area contributed by atoms with Crippen molar-refractivity contribution < 1.29 is 9.90 Å². The van der Waals surface area contributed by atoms with E-state index in [1.54, 1.807) is 0 Å². The van der Waals surface area contributed by atoms with Crippen LogP contribution >= 0.6 is 0 Å². The number of hydrogen-bond acceptors (Lipinski definition) is 3. The lowest BCUT2D eigenvalue weighted by Gasteiger charge is -2.36. The molecule has 0 bridgehead atoms. The van der Waals surface area contributed by atoms with E-state index in [2.05, 4.69) is 10.2 Å². The van der Waals surface area contributed by atoms with Gasteiger partial charge in [-0.2, -0.15) is 0 Å². The molecule has 1 heterocycles. The lowest BCUT2D eigenvalue weighted by Crippen LogP contribution is -2.56. The first-order chi connectivity index (χ1) is 4.68. The lowest BCUT2D eigenvalue weighted by molar-refractivity contribution is -0.136. The smallest absolute Gasteiger partial charge is 0.317 e. The van der Waals surface area contributed by atoms with Crippen LogP contribution in [-0.2, 0) is 4.79 Å². The second kappa shape index (κ2) is 2.98. The third kappa shape index (κ3) is 1.97. The molecule has 0 atom stereocenters. The zero-order chi connectivity index (χ0) is 7.56. The molecule has 0 aromatic heterocycles. The molecular weight excluding hydrogens is 132 g/mol. The van der Waals surface area contributed by atoms with Crippen LogP contribution in [0, 0.1) is 0 Å². The molecule has 1 rings (SSSR count). The van der Waals surface area contributed by atoms with Gasteiger partial charge in [0, 0.05) is 19.1 Å². The van der Waals surface area contributed by atoms with Crippen LogP contribution in [0.15, 0.2) is 0 Å². The molecule has 0 aromatic rings. The Morgan fingerprint density at radius 3 is 2.80 bits per heavy atom. The number of nitrogens with one attached hydrogen (secondary N) is 1. The molecule has 1 fully saturated rings. The van der Waals surface area contributed by atoms with Crippen molar-refractivity contribution in [1.29, 1.82) is 0 Å². The van der Waals surface area contributed by atoms with Gasteiger partial charge in [-0.1, -0.05) is 0 Å². The largest absolute Gasteiger partial charge is 0.480 e. The molecule has 4 nitrogen and oxygen atoms in total. The maximum Gasteiger partial charge on any atom is 0.317 e. The fourth-order valence-corrected chi connectivity index (χ4v) is 1.06. The molecule has 0 amide bonds. The Balaban J connectivity index is 2.00. The molecule has 0 spiro atoms. The van der Waals surface area contributed by atoms with Crippen LogP contribution in [-0.4, -0.2) is 48.7 Å². The van der Waals surface area contributed by atoms with E-state index in [0.717, 1.165) is 13.1 Å². The summed E-state index contributed by atoms with van der Waals surface area (Å²) in [7, 11) is 2.01. The van der Waals surface area contributed by atoms with E-state index >= 15 is 0 Å². The third-order valence-corrected chi connectivity index (χ3v) is 1.61. The maximum atomic E-state index is 10.0. The van der Waals surface area contributed by atoms with Gasteiger partial charge in [0.15, 0.2) is 0 Å². The second-order valence-corrected chi connectivity index (χ2v) is 2.69. The van der Waals surface area contributed by atoms with Gasteiger partial charge in [-0.3, -0.25) is 4.79 Å². The molecule has 0 radical (unpaired) electrons. The predicted molar refractivity (Wildman–Crippen MR) is 36.9 cm³/mol. The normalized spacial score (nSPS) is 20.5. The van der Waals surface area contributed by atoms with Crippen molar-refractivity contribution in [3.63, 3.8) is 0 Å². The summed E-state index contributed by atoms with van der Waals surface area (Å²) in [6, 6.07) is 0.390. The number of likely N-dealkylation sites (tertiary alicyclic amines) is 1. The summed E-state index contributed by atoms with van der Waals surface area (Å²) in [5.74, 6) is -0.783. The minimum absolute atomic E-state index is 0.0819. The Morgan fingerprint density at radius 1 is 1.80 bits per heavy atom. The molecule has 10 heavy (non-hydrogen) atoms. The van der Waals surface area contributed by atoms with Crippen molar-refractivity contribution in [3.05, 3.63) is 0 Å². The standard InChI is InChI=1S/C6H12N2O2/c1-8-3-5(4-8)7-2-6(9)10/h5,7H,2-4H2,1H3,(H,9,10). The van der Waals surface area contributed by atoms with Crippen molar-refractivity contribution in [2.45, 2.75) is 6.04 Å². The Kier molecular flexibility index (Phi) is 2.24. The van der Waals surface area contributed by atoms with E-state index < -0.39 is 5.97 Å². The molecule has 4 heteroatoms. The zero-order valence-electron chi connectivity index (χ0n) is 6.00. The summed E-state index contributed by atoms with van der Waals surface area (Å²) in [5, 5.41) is 11.2. The number of hydrogen-bond donors (Lipinski definition) is 2. The molecule has 0 aromatic carbocycles. The lowest BCUT2D eigenvalue weighted by atomic mass is 10.1. The van der Waals surface area contributed by atoms with Gasteiger partial charge in [0.25, 0.3) is 0 Å². The first-order valence-electron chi connectivity index (χ1n) is 3.32. The number of rotatable bonds is 3. The molecule has 1 aliphatic heterocycles. The van der Waals surface area contributed by atoms with Crippen LogP contribution in [0.3, 0.4) is 0 Å². The van der Waals surface area contributed by atoms with E-state index in [9.17, 15) is 4.79 Å². The fourth-order valence-electron chi connectivity index (χ4n) is 1.06. The molecule has 1 aliphatic rings. The summed E-state index contributed by atoms with van der Waals surface area (Å²) < 4.78 is 0. The molecule has 58 valence electrons. The Morgan fingerprint density at radius 2 is 2.40 bits per heavy atom. The summed E-state index contributed by atoms with van der Waals surface area (Å²) in [4.78, 5) is 12.2. The van der Waals surface area contributed by atoms with Crippen molar-refractivity contribution in [1.82, 2.24) is 10.2 Å². The minimum atomic E-state index is -0.783. The Labute approximate surface area is 59.8 Å².